The third kappa shape index (κ3) is 2.30. The SMILES string of the molecule is O=C1/C(=C/c2ccccc2)N=C2N1CCN2c1cccc2ccccc12. The van der Waals surface area contributed by atoms with Crippen LogP contribution >= 0.6 is 0 Å². The highest BCUT2D eigenvalue weighted by molar-refractivity contribution is 6.20. The minimum absolute atomic E-state index is 0.0217. The van der Waals surface area contributed by atoms with Crippen LogP contribution in [0.4, 0.5) is 5.69 Å². The van der Waals surface area contributed by atoms with E-state index in [1.165, 1.54) is 10.8 Å². The van der Waals surface area contributed by atoms with Crippen molar-refractivity contribution in [1.29, 1.82) is 0 Å². The van der Waals surface area contributed by atoms with Crippen LogP contribution < -0.4 is 4.90 Å². The van der Waals surface area contributed by atoms with Crippen LogP contribution in [0.2, 0.25) is 0 Å². The first kappa shape index (κ1) is 14.9. The number of anilines is 1. The largest absolute Gasteiger partial charge is 0.309 e. The van der Waals surface area contributed by atoms with E-state index in [-0.39, 0.29) is 5.91 Å². The molecule has 0 saturated carbocycles. The van der Waals surface area contributed by atoms with Crippen molar-refractivity contribution in [1.82, 2.24) is 4.90 Å². The van der Waals surface area contributed by atoms with Gasteiger partial charge in [0, 0.05) is 18.5 Å². The maximum atomic E-state index is 12.7. The maximum Gasteiger partial charge on any atom is 0.279 e. The molecule has 1 saturated heterocycles. The molecule has 0 radical (unpaired) electrons. The summed E-state index contributed by atoms with van der Waals surface area (Å²) in [6.45, 7) is 1.42. The highest BCUT2D eigenvalue weighted by Gasteiger charge is 2.39. The minimum Gasteiger partial charge on any atom is -0.309 e. The monoisotopic (exact) mass is 339 g/mol. The molecule has 4 nitrogen and oxygen atoms in total. The van der Waals surface area contributed by atoms with Gasteiger partial charge in [-0.15, -0.1) is 0 Å². The first-order valence-electron chi connectivity index (χ1n) is 8.74. The molecule has 5 rings (SSSR count). The van der Waals surface area contributed by atoms with E-state index in [0.29, 0.717) is 12.2 Å². The lowest BCUT2D eigenvalue weighted by molar-refractivity contribution is -0.122. The average molecular weight is 339 g/mol. The minimum atomic E-state index is -0.0217. The van der Waals surface area contributed by atoms with Gasteiger partial charge in [0.25, 0.3) is 5.91 Å². The van der Waals surface area contributed by atoms with Crippen molar-refractivity contribution in [3.05, 3.63) is 84.1 Å². The summed E-state index contributed by atoms with van der Waals surface area (Å²) in [6.07, 6.45) is 1.86. The third-order valence-corrected chi connectivity index (χ3v) is 4.88. The van der Waals surface area contributed by atoms with Gasteiger partial charge in [-0.2, -0.15) is 0 Å². The molecule has 0 unspecified atom stereocenters. The number of hydrogen-bond acceptors (Lipinski definition) is 3. The third-order valence-electron chi connectivity index (χ3n) is 4.88. The molecule has 0 aromatic heterocycles. The molecule has 0 spiro atoms. The Labute approximate surface area is 151 Å². The summed E-state index contributed by atoms with van der Waals surface area (Å²) >= 11 is 0. The Kier molecular flexibility index (Phi) is 3.35. The maximum absolute atomic E-state index is 12.7. The lowest BCUT2D eigenvalue weighted by atomic mass is 10.1. The average Bonchev–Trinajstić information content (AvgIpc) is 3.23. The van der Waals surface area contributed by atoms with Gasteiger partial charge in [0.1, 0.15) is 5.70 Å². The van der Waals surface area contributed by atoms with Gasteiger partial charge in [0.2, 0.25) is 5.96 Å². The number of benzene rings is 3. The van der Waals surface area contributed by atoms with Crippen LogP contribution in [0.1, 0.15) is 5.56 Å². The molecule has 2 aliphatic heterocycles. The predicted octanol–water partition coefficient (Wildman–Crippen LogP) is 3.90. The number of carbonyl (C=O) groups is 1. The zero-order valence-corrected chi connectivity index (χ0v) is 14.2. The van der Waals surface area contributed by atoms with Crippen molar-refractivity contribution in [2.75, 3.05) is 18.0 Å². The fourth-order valence-corrected chi connectivity index (χ4v) is 3.63. The lowest BCUT2D eigenvalue weighted by Crippen LogP contribution is -2.32. The van der Waals surface area contributed by atoms with E-state index in [9.17, 15) is 4.79 Å². The van der Waals surface area contributed by atoms with Crippen LogP contribution in [-0.2, 0) is 4.79 Å². The Balaban J connectivity index is 1.58. The molecule has 3 aromatic rings. The quantitative estimate of drug-likeness (QED) is 0.664. The molecule has 1 fully saturated rings. The molecular formula is C22H17N3O. The Morgan fingerprint density at radius 3 is 2.42 bits per heavy atom. The zero-order valence-electron chi connectivity index (χ0n) is 14.2. The second-order valence-corrected chi connectivity index (χ2v) is 6.46. The van der Waals surface area contributed by atoms with E-state index < -0.39 is 0 Å². The van der Waals surface area contributed by atoms with Crippen LogP contribution in [0.15, 0.2) is 83.5 Å². The van der Waals surface area contributed by atoms with Crippen molar-refractivity contribution in [2.24, 2.45) is 4.99 Å². The standard InChI is InChI=1S/C22H17N3O/c26-21-19(15-16-7-2-1-3-8-16)23-22-24(13-14-25(21)22)20-12-6-10-17-9-4-5-11-18(17)20/h1-12,15H,13-14H2/b19-15-. The Bertz CT molecular complexity index is 1060. The van der Waals surface area contributed by atoms with E-state index >= 15 is 0 Å². The Morgan fingerprint density at radius 1 is 0.808 bits per heavy atom. The fraction of sp³-hybridized carbons (Fsp3) is 0.0909. The normalized spacial score (nSPS) is 17.9. The van der Waals surface area contributed by atoms with E-state index in [2.05, 4.69) is 40.2 Å². The van der Waals surface area contributed by atoms with Gasteiger partial charge in [0.15, 0.2) is 0 Å². The molecule has 26 heavy (non-hydrogen) atoms. The molecular weight excluding hydrogens is 322 g/mol. The first-order valence-corrected chi connectivity index (χ1v) is 8.74. The number of fused-ring (bicyclic) bond motifs is 2. The predicted molar refractivity (Wildman–Crippen MR) is 105 cm³/mol. The fourth-order valence-electron chi connectivity index (χ4n) is 3.63. The molecule has 1 amide bonds. The summed E-state index contributed by atoms with van der Waals surface area (Å²) in [4.78, 5) is 21.3. The molecule has 0 aliphatic carbocycles. The summed E-state index contributed by atoms with van der Waals surface area (Å²) in [5.41, 5.74) is 2.58. The number of guanidine groups is 1. The number of aliphatic imine (C=N–C) groups is 1. The van der Waals surface area contributed by atoms with Crippen LogP contribution in [0.5, 0.6) is 0 Å². The van der Waals surface area contributed by atoms with Crippen molar-refractivity contribution in [2.45, 2.75) is 0 Å². The van der Waals surface area contributed by atoms with Gasteiger partial charge in [-0.25, -0.2) is 4.99 Å². The van der Waals surface area contributed by atoms with Crippen molar-refractivity contribution >= 4 is 34.4 Å². The van der Waals surface area contributed by atoms with Crippen LogP contribution in [0.3, 0.4) is 0 Å². The number of carbonyl (C=O) groups excluding carboxylic acids is 1. The first-order chi connectivity index (χ1) is 12.8. The van der Waals surface area contributed by atoms with E-state index in [0.717, 1.165) is 23.8 Å². The van der Waals surface area contributed by atoms with Crippen LogP contribution in [0, 0.1) is 0 Å². The van der Waals surface area contributed by atoms with Gasteiger partial charge in [0.05, 0.1) is 5.69 Å². The summed E-state index contributed by atoms with van der Waals surface area (Å²) in [6, 6.07) is 24.4. The van der Waals surface area contributed by atoms with E-state index in [4.69, 9.17) is 0 Å². The second-order valence-electron chi connectivity index (χ2n) is 6.46. The molecule has 3 aromatic carbocycles. The second kappa shape index (κ2) is 5.85. The molecule has 2 heterocycles. The number of hydrogen-bond donors (Lipinski definition) is 0. The summed E-state index contributed by atoms with van der Waals surface area (Å²) in [7, 11) is 0. The highest BCUT2D eigenvalue weighted by Crippen LogP contribution is 2.32. The molecule has 0 bridgehead atoms. The van der Waals surface area contributed by atoms with E-state index in [1.54, 1.807) is 4.90 Å². The van der Waals surface area contributed by atoms with Crippen LogP contribution in [-0.4, -0.2) is 29.9 Å². The topological polar surface area (TPSA) is 35.9 Å². The van der Waals surface area contributed by atoms with Gasteiger partial charge in [-0.05, 0) is 23.1 Å². The van der Waals surface area contributed by atoms with Crippen molar-refractivity contribution in [3.8, 4) is 0 Å². The van der Waals surface area contributed by atoms with Gasteiger partial charge in [-0.3, -0.25) is 9.69 Å². The van der Waals surface area contributed by atoms with Crippen molar-refractivity contribution in [3.63, 3.8) is 0 Å². The Morgan fingerprint density at radius 2 is 1.54 bits per heavy atom. The van der Waals surface area contributed by atoms with Gasteiger partial charge >= 0.3 is 0 Å². The zero-order chi connectivity index (χ0) is 17.5. The van der Waals surface area contributed by atoms with Gasteiger partial charge < -0.3 is 4.90 Å². The summed E-state index contributed by atoms with van der Waals surface area (Å²) in [5.74, 6) is 0.708. The van der Waals surface area contributed by atoms with Crippen molar-refractivity contribution < 1.29 is 4.79 Å². The Hall–Kier alpha value is -3.40. The summed E-state index contributed by atoms with van der Waals surface area (Å²) < 4.78 is 0. The highest BCUT2D eigenvalue weighted by atomic mass is 16.2. The molecule has 4 heteroatoms. The lowest BCUT2D eigenvalue weighted by Gasteiger charge is -2.19. The molecule has 0 atom stereocenters. The van der Waals surface area contributed by atoms with Gasteiger partial charge in [-0.1, -0.05) is 66.7 Å². The molecule has 126 valence electrons. The number of rotatable bonds is 2. The number of nitrogens with zero attached hydrogens (tertiary/aromatic N) is 3. The van der Waals surface area contributed by atoms with Crippen LogP contribution in [0.25, 0.3) is 16.8 Å². The molecule has 2 aliphatic rings. The summed E-state index contributed by atoms with van der Waals surface area (Å²) in [5, 5.41) is 2.36. The molecule has 0 N–H and O–H groups in total. The number of amides is 1. The van der Waals surface area contributed by atoms with E-state index in [1.807, 2.05) is 48.5 Å². The smallest absolute Gasteiger partial charge is 0.279 e.